The van der Waals surface area contributed by atoms with Crippen molar-refractivity contribution in [3.05, 3.63) is 23.7 Å². The molecule has 0 amide bonds. The molecule has 2 heteroatoms. The Morgan fingerprint density at radius 1 is 1.19 bits per heavy atom. The molecule has 0 atom stereocenters. The van der Waals surface area contributed by atoms with Crippen molar-refractivity contribution in [3.8, 4) is 0 Å². The molecule has 0 aliphatic rings. The van der Waals surface area contributed by atoms with Crippen LogP contribution in [0.2, 0.25) is 0 Å². The highest BCUT2D eigenvalue weighted by Gasteiger charge is 2.08. The van der Waals surface area contributed by atoms with Crippen LogP contribution in [0.1, 0.15) is 51.6 Å². The van der Waals surface area contributed by atoms with Gasteiger partial charge in [0.25, 0.3) is 0 Å². The van der Waals surface area contributed by atoms with Crippen LogP contribution >= 0.6 is 0 Å². The van der Waals surface area contributed by atoms with Crippen LogP contribution in [0.5, 0.6) is 0 Å². The summed E-state index contributed by atoms with van der Waals surface area (Å²) in [7, 11) is 0. The Morgan fingerprint density at radius 2 is 1.94 bits per heavy atom. The molecule has 0 saturated heterocycles. The van der Waals surface area contributed by atoms with Crippen LogP contribution in [0.15, 0.2) is 16.5 Å². The van der Waals surface area contributed by atoms with Gasteiger partial charge in [-0.1, -0.05) is 27.2 Å². The highest BCUT2D eigenvalue weighted by atomic mass is 16.3. The van der Waals surface area contributed by atoms with Gasteiger partial charge in [0.15, 0.2) is 0 Å². The number of unbranched alkanes of at least 4 members (excludes halogenated alkanes) is 1. The molecule has 0 aliphatic carbocycles. The molecule has 0 aromatic carbocycles. The van der Waals surface area contributed by atoms with Crippen LogP contribution in [0.3, 0.4) is 0 Å². The summed E-state index contributed by atoms with van der Waals surface area (Å²) < 4.78 is 5.48. The lowest BCUT2D eigenvalue weighted by molar-refractivity contribution is 0.357. The van der Waals surface area contributed by atoms with Crippen molar-refractivity contribution in [1.82, 2.24) is 5.32 Å². The van der Waals surface area contributed by atoms with Gasteiger partial charge in [0, 0.05) is 0 Å². The first-order valence-corrected chi connectivity index (χ1v) is 6.23. The minimum Gasteiger partial charge on any atom is -0.465 e. The van der Waals surface area contributed by atoms with Crippen molar-refractivity contribution < 1.29 is 4.42 Å². The van der Waals surface area contributed by atoms with Gasteiger partial charge >= 0.3 is 0 Å². The zero-order valence-corrected chi connectivity index (χ0v) is 11.1. The van der Waals surface area contributed by atoms with Gasteiger partial charge < -0.3 is 9.73 Å². The maximum absolute atomic E-state index is 5.48. The standard InChI is InChI=1S/C14H25NO/c1-12-7-8-13(16-12)11-15-10-6-5-9-14(2,3)4/h7-8,15H,5-6,9-11H2,1-4H3. The molecule has 0 aliphatic heterocycles. The minimum atomic E-state index is 0.470. The van der Waals surface area contributed by atoms with E-state index in [-0.39, 0.29) is 0 Å². The van der Waals surface area contributed by atoms with E-state index in [1.165, 1.54) is 19.3 Å². The molecule has 0 fully saturated rings. The summed E-state index contributed by atoms with van der Waals surface area (Å²) in [6.07, 6.45) is 3.85. The number of furan rings is 1. The van der Waals surface area contributed by atoms with Gasteiger partial charge in [-0.15, -0.1) is 0 Å². The van der Waals surface area contributed by atoms with Crippen molar-refractivity contribution in [2.24, 2.45) is 5.41 Å². The first-order valence-electron chi connectivity index (χ1n) is 6.23. The largest absolute Gasteiger partial charge is 0.465 e. The Kier molecular flexibility index (Phi) is 5.07. The maximum Gasteiger partial charge on any atom is 0.117 e. The topological polar surface area (TPSA) is 25.2 Å². The zero-order chi connectivity index (χ0) is 12.0. The molecule has 1 aromatic heterocycles. The number of rotatable bonds is 6. The molecule has 0 radical (unpaired) electrons. The van der Waals surface area contributed by atoms with E-state index >= 15 is 0 Å². The quantitative estimate of drug-likeness (QED) is 0.740. The second kappa shape index (κ2) is 6.09. The van der Waals surface area contributed by atoms with E-state index in [2.05, 4.69) is 26.1 Å². The van der Waals surface area contributed by atoms with Crippen molar-refractivity contribution in [2.45, 2.75) is 53.5 Å². The Morgan fingerprint density at radius 3 is 2.50 bits per heavy atom. The Labute approximate surface area is 99.4 Å². The molecule has 92 valence electrons. The molecule has 0 unspecified atom stereocenters. The third kappa shape index (κ3) is 5.96. The van der Waals surface area contributed by atoms with E-state index in [0.29, 0.717) is 5.41 Å². The van der Waals surface area contributed by atoms with Gasteiger partial charge in [-0.3, -0.25) is 0 Å². The molecule has 2 nitrogen and oxygen atoms in total. The number of nitrogens with one attached hydrogen (secondary N) is 1. The van der Waals surface area contributed by atoms with E-state index in [1.807, 2.05) is 19.1 Å². The van der Waals surface area contributed by atoms with E-state index in [1.54, 1.807) is 0 Å². The smallest absolute Gasteiger partial charge is 0.117 e. The van der Waals surface area contributed by atoms with Crippen LogP contribution in [0.4, 0.5) is 0 Å². The van der Waals surface area contributed by atoms with Crippen molar-refractivity contribution in [2.75, 3.05) is 6.54 Å². The molecule has 0 bridgehead atoms. The van der Waals surface area contributed by atoms with Crippen molar-refractivity contribution >= 4 is 0 Å². The van der Waals surface area contributed by atoms with Gasteiger partial charge in [-0.2, -0.15) is 0 Å². The Bertz CT molecular complexity index is 296. The van der Waals surface area contributed by atoms with Crippen LogP contribution in [0.25, 0.3) is 0 Å². The highest BCUT2D eigenvalue weighted by molar-refractivity contribution is 5.04. The summed E-state index contributed by atoms with van der Waals surface area (Å²) in [5.41, 5.74) is 0.470. The van der Waals surface area contributed by atoms with Gasteiger partial charge in [-0.25, -0.2) is 0 Å². The number of hydrogen-bond donors (Lipinski definition) is 1. The SMILES string of the molecule is Cc1ccc(CNCCCCC(C)(C)C)o1. The molecular weight excluding hydrogens is 198 g/mol. The van der Waals surface area contributed by atoms with Crippen LogP contribution in [-0.4, -0.2) is 6.54 Å². The third-order valence-corrected chi connectivity index (χ3v) is 2.63. The predicted molar refractivity (Wildman–Crippen MR) is 68.5 cm³/mol. The van der Waals surface area contributed by atoms with Crippen LogP contribution in [0, 0.1) is 12.3 Å². The Hall–Kier alpha value is -0.760. The normalized spacial score (nSPS) is 12.0. The lowest BCUT2D eigenvalue weighted by Gasteiger charge is -2.17. The monoisotopic (exact) mass is 223 g/mol. The summed E-state index contributed by atoms with van der Waals surface area (Å²) in [5, 5.41) is 3.41. The van der Waals surface area contributed by atoms with E-state index < -0.39 is 0 Å². The average Bonchev–Trinajstić information content (AvgIpc) is 2.56. The molecule has 0 saturated carbocycles. The second-order valence-electron chi connectivity index (χ2n) is 5.71. The molecule has 16 heavy (non-hydrogen) atoms. The summed E-state index contributed by atoms with van der Waals surface area (Å²) in [6.45, 7) is 10.8. The average molecular weight is 223 g/mol. The molecule has 1 rings (SSSR count). The van der Waals surface area contributed by atoms with E-state index in [0.717, 1.165) is 24.6 Å². The first kappa shape index (κ1) is 13.3. The summed E-state index contributed by atoms with van der Waals surface area (Å²) in [4.78, 5) is 0. The summed E-state index contributed by atoms with van der Waals surface area (Å²) in [6, 6.07) is 4.05. The fourth-order valence-corrected chi connectivity index (χ4v) is 1.70. The fraction of sp³-hybridized carbons (Fsp3) is 0.714. The number of aryl methyl sites for hydroxylation is 1. The lowest BCUT2D eigenvalue weighted by Crippen LogP contribution is -2.15. The minimum absolute atomic E-state index is 0.470. The summed E-state index contributed by atoms with van der Waals surface area (Å²) >= 11 is 0. The molecule has 0 spiro atoms. The molecule has 1 heterocycles. The molecule has 1 N–H and O–H groups in total. The third-order valence-electron chi connectivity index (χ3n) is 2.63. The molecular formula is C14H25NO. The fourth-order valence-electron chi connectivity index (χ4n) is 1.70. The predicted octanol–water partition coefficient (Wildman–Crippen LogP) is 3.89. The Balaban J connectivity index is 2.00. The molecule has 1 aromatic rings. The van der Waals surface area contributed by atoms with Crippen molar-refractivity contribution in [1.29, 1.82) is 0 Å². The van der Waals surface area contributed by atoms with E-state index in [4.69, 9.17) is 4.42 Å². The van der Waals surface area contributed by atoms with E-state index in [9.17, 15) is 0 Å². The van der Waals surface area contributed by atoms with Crippen LogP contribution < -0.4 is 5.32 Å². The maximum atomic E-state index is 5.48. The van der Waals surface area contributed by atoms with Gasteiger partial charge in [0.05, 0.1) is 6.54 Å². The van der Waals surface area contributed by atoms with Crippen LogP contribution in [-0.2, 0) is 6.54 Å². The summed E-state index contributed by atoms with van der Waals surface area (Å²) in [5.74, 6) is 2.03. The van der Waals surface area contributed by atoms with Gasteiger partial charge in [-0.05, 0) is 43.9 Å². The first-order chi connectivity index (χ1) is 7.47. The van der Waals surface area contributed by atoms with Gasteiger partial charge in [0.2, 0.25) is 0 Å². The van der Waals surface area contributed by atoms with Gasteiger partial charge in [0.1, 0.15) is 11.5 Å². The lowest BCUT2D eigenvalue weighted by atomic mass is 9.90. The highest BCUT2D eigenvalue weighted by Crippen LogP contribution is 2.21. The zero-order valence-electron chi connectivity index (χ0n) is 11.1. The van der Waals surface area contributed by atoms with Crippen molar-refractivity contribution in [3.63, 3.8) is 0 Å². The second-order valence-corrected chi connectivity index (χ2v) is 5.71. The number of hydrogen-bond acceptors (Lipinski definition) is 2.